The fourth-order valence-electron chi connectivity index (χ4n) is 2.42. The maximum absolute atomic E-state index is 12.7. The number of hydrogen-bond donors (Lipinski definition) is 1. The summed E-state index contributed by atoms with van der Waals surface area (Å²) in [5, 5.41) is 2.65. The maximum Gasteiger partial charge on any atom is 0.308 e. The largest absolute Gasteiger partial charge is 0.481 e. The highest BCUT2D eigenvalue weighted by molar-refractivity contribution is 9.10. The predicted octanol–water partition coefficient (Wildman–Crippen LogP) is 1.11. The summed E-state index contributed by atoms with van der Waals surface area (Å²) < 4.78 is 11.1. The van der Waals surface area contributed by atoms with E-state index in [0.717, 1.165) is 4.47 Å². The van der Waals surface area contributed by atoms with Gasteiger partial charge in [-0.2, -0.15) is 0 Å². The van der Waals surface area contributed by atoms with Crippen molar-refractivity contribution in [1.29, 1.82) is 0 Å². The first kappa shape index (κ1) is 18.3. The molecule has 1 aromatic carbocycles. The minimum Gasteiger partial charge on any atom is -0.481 e. The van der Waals surface area contributed by atoms with Crippen molar-refractivity contribution in [1.82, 2.24) is 10.2 Å². The Kier molecular flexibility index (Phi) is 6.19. The van der Waals surface area contributed by atoms with Crippen molar-refractivity contribution in [2.24, 2.45) is 0 Å². The molecule has 0 aromatic heterocycles. The van der Waals surface area contributed by atoms with Crippen LogP contribution >= 0.6 is 15.9 Å². The molecule has 0 aliphatic carbocycles. The van der Waals surface area contributed by atoms with Gasteiger partial charge in [-0.1, -0.05) is 15.9 Å². The van der Waals surface area contributed by atoms with Crippen LogP contribution < -0.4 is 10.1 Å². The van der Waals surface area contributed by atoms with E-state index in [1.807, 2.05) is 0 Å². The molecule has 2 rings (SSSR count). The standard InChI is InChI=1S/C16H19BrN2O5/c1-10(24-12-5-3-11(17)4-6-12)16(22)19-8-7-18-15(21)13(19)9-14(20)23-2/h3-6,10,13H,7-9H2,1-2H3,(H,18,21)/t10-,13-/m1/s1. The third kappa shape index (κ3) is 4.47. The summed E-state index contributed by atoms with van der Waals surface area (Å²) in [4.78, 5) is 37.6. The van der Waals surface area contributed by atoms with Gasteiger partial charge in [0.15, 0.2) is 6.10 Å². The van der Waals surface area contributed by atoms with Gasteiger partial charge >= 0.3 is 5.97 Å². The van der Waals surface area contributed by atoms with Crippen molar-refractivity contribution in [2.45, 2.75) is 25.5 Å². The van der Waals surface area contributed by atoms with Gasteiger partial charge in [-0.05, 0) is 31.2 Å². The molecule has 0 spiro atoms. The number of ether oxygens (including phenoxy) is 2. The zero-order valence-corrected chi connectivity index (χ0v) is 15.0. The molecule has 1 aromatic rings. The molecule has 2 atom stereocenters. The third-order valence-corrected chi connectivity index (χ3v) is 4.20. The average molecular weight is 399 g/mol. The van der Waals surface area contributed by atoms with Crippen LogP contribution in [0.1, 0.15) is 13.3 Å². The molecule has 1 N–H and O–H groups in total. The molecular formula is C16H19BrN2O5. The van der Waals surface area contributed by atoms with Gasteiger partial charge in [0.25, 0.3) is 5.91 Å². The van der Waals surface area contributed by atoms with Gasteiger partial charge in [0, 0.05) is 17.6 Å². The fourth-order valence-corrected chi connectivity index (χ4v) is 2.69. The molecule has 2 amide bonds. The smallest absolute Gasteiger partial charge is 0.308 e. The van der Waals surface area contributed by atoms with E-state index in [2.05, 4.69) is 26.0 Å². The number of piperazine rings is 1. The molecule has 0 unspecified atom stereocenters. The average Bonchev–Trinajstić information content (AvgIpc) is 2.57. The number of esters is 1. The van der Waals surface area contributed by atoms with Crippen molar-refractivity contribution < 1.29 is 23.9 Å². The number of methoxy groups -OCH3 is 1. The predicted molar refractivity (Wildman–Crippen MR) is 89.4 cm³/mol. The quantitative estimate of drug-likeness (QED) is 0.750. The van der Waals surface area contributed by atoms with Crippen LogP contribution in [0.5, 0.6) is 5.75 Å². The number of rotatable bonds is 5. The normalized spacial score (nSPS) is 18.5. The van der Waals surface area contributed by atoms with Crippen LogP contribution in [0.25, 0.3) is 0 Å². The van der Waals surface area contributed by atoms with Crippen molar-refractivity contribution in [3.63, 3.8) is 0 Å². The lowest BCUT2D eigenvalue weighted by Gasteiger charge is -2.35. The van der Waals surface area contributed by atoms with E-state index >= 15 is 0 Å². The molecule has 1 heterocycles. The maximum atomic E-state index is 12.7. The summed E-state index contributed by atoms with van der Waals surface area (Å²) in [5.74, 6) is -0.709. The number of amides is 2. The highest BCUT2D eigenvalue weighted by atomic mass is 79.9. The minimum absolute atomic E-state index is 0.181. The zero-order chi connectivity index (χ0) is 17.7. The van der Waals surface area contributed by atoms with Gasteiger partial charge in [0.2, 0.25) is 5.91 Å². The Hall–Kier alpha value is -2.09. The molecule has 0 bridgehead atoms. The molecule has 130 valence electrons. The van der Waals surface area contributed by atoms with Crippen LogP contribution in [0.4, 0.5) is 0 Å². The van der Waals surface area contributed by atoms with Crippen molar-refractivity contribution in [3.8, 4) is 5.75 Å². The first-order valence-corrected chi connectivity index (χ1v) is 8.29. The number of nitrogens with zero attached hydrogens (tertiary/aromatic N) is 1. The Morgan fingerprint density at radius 2 is 2.04 bits per heavy atom. The highest BCUT2D eigenvalue weighted by Crippen LogP contribution is 2.19. The van der Waals surface area contributed by atoms with Gasteiger partial charge in [0.05, 0.1) is 13.5 Å². The number of carbonyl (C=O) groups is 3. The van der Waals surface area contributed by atoms with Crippen molar-refractivity contribution >= 4 is 33.7 Å². The van der Waals surface area contributed by atoms with Crippen molar-refractivity contribution in [2.75, 3.05) is 20.2 Å². The topological polar surface area (TPSA) is 84.9 Å². The van der Waals surface area contributed by atoms with Gasteiger partial charge in [-0.25, -0.2) is 0 Å². The minimum atomic E-state index is -0.880. The second-order valence-corrected chi connectivity index (χ2v) is 6.25. The van der Waals surface area contributed by atoms with Gasteiger partial charge < -0.3 is 19.7 Å². The number of benzene rings is 1. The van der Waals surface area contributed by atoms with Crippen molar-refractivity contribution in [3.05, 3.63) is 28.7 Å². The summed E-state index contributed by atoms with van der Waals surface area (Å²) in [5.41, 5.74) is 0. The first-order valence-electron chi connectivity index (χ1n) is 7.49. The van der Waals surface area contributed by atoms with Crippen LogP contribution in [-0.4, -0.2) is 55.0 Å². The highest BCUT2D eigenvalue weighted by Gasteiger charge is 2.37. The molecule has 1 aliphatic rings. The Morgan fingerprint density at radius 1 is 1.38 bits per heavy atom. The molecule has 7 nitrogen and oxygen atoms in total. The Labute approximate surface area is 148 Å². The number of nitrogens with one attached hydrogen (secondary N) is 1. The molecular weight excluding hydrogens is 380 g/mol. The van der Waals surface area contributed by atoms with E-state index in [-0.39, 0.29) is 18.2 Å². The second-order valence-electron chi connectivity index (χ2n) is 5.33. The van der Waals surface area contributed by atoms with Gasteiger partial charge in [-0.3, -0.25) is 14.4 Å². The Morgan fingerprint density at radius 3 is 2.67 bits per heavy atom. The van der Waals surface area contributed by atoms with E-state index in [9.17, 15) is 14.4 Å². The van der Waals surface area contributed by atoms with Crippen LogP contribution in [0.15, 0.2) is 28.7 Å². The molecule has 1 saturated heterocycles. The number of carbonyl (C=O) groups excluding carboxylic acids is 3. The van der Waals surface area contributed by atoms with E-state index in [4.69, 9.17) is 4.74 Å². The molecule has 8 heteroatoms. The summed E-state index contributed by atoms with van der Waals surface area (Å²) in [7, 11) is 1.24. The lowest BCUT2D eigenvalue weighted by molar-refractivity contribution is -0.153. The molecule has 1 aliphatic heterocycles. The van der Waals surface area contributed by atoms with E-state index in [1.165, 1.54) is 12.0 Å². The molecule has 0 saturated carbocycles. The van der Waals surface area contributed by atoms with E-state index in [0.29, 0.717) is 18.8 Å². The second kappa shape index (κ2) is 8.14. The third-order valence-electron chi connectivity index (χ3n) is 3.68. The first-order chi connectivity index (χ1) is 11.4. The van der Waals surface area contributed by atoms with Crippen LogP contribution in [0.2, 0.25) is 0 Å². The Bertz CT molecular complexity index is 619. The number of hydrogen-bond acceptors (Lipinski definition) is 5. The molecule has 0 radical (unpaired) electrons. The lowest BCUT2D eigenvalue weighted by Crippen LogP contribution is -2.60. The van der Waals surface area contributed by atoms with Crippen LogP contribution in [-0.2, 0) is 19.1 Å². The summed E-state index contributed by atoms with van der Waals surface area (Å²) in [6, 6.07) is 6.21. The molecule has 24 heavy (non-hydrogen) atoms. The SMILES string of the molecule is COC(=O)C[C@@H]1C(=O)NCCN1C(=O)[C@@H](C)Oc1ccc(Br)cc1. The lowest BCUT2D eigenvalue weighted by atomic mass is 10.1. The summed E-state index contributed by atoms with van der Waals surface area (Å²) in [6.45, 7) is 2.28. The Balaban J connectivity index is 2.07. The summed E-state index contributed by atoms with van der Waals surface area (Å²) >= 11 is 3.33. The zero-order valence-electron chi connectivity index (χ0n) is 13.5. The number of halogens is 1. The van der Waals surface area contributed by atoms with E-state index < -0.39 is 18.1 Å². The van der Waals surface area contributed by atoms with Gasteiger partial charge in [-0.15, -0.1) is 0 Å². The van der Waals surface area contributed by atoms with Gasteiger partial charge in [0.1, 0.15) is 11.8 Å². The van der Waals surface area contributed by atoms with E-state index in [1.54, 1.807) is 31.2 Å². The van der Waals surface area contributed by atoms with Crippen LogP contribution in [0, 0.1) is 0 Å². The monoisotopic (exact) mass is 398 g/mol. The fraction of sp³-hybridized carbons (Fsp3) is 0.438. The molecule has 1 fully saturated rings. The van der Waals surface area contributed by atoms with Crippen LogP contribution in [0.3, 0.4) is 0 Å². The summed E-state index contributed by atoms with van der Waals surface area (Å²) in [6.07, 6.45) is -0.962.